The van der Waals surface area contributed by atoms with Gasteiger partial charge in [0.05, 0.1) is 0 Å². The Kier molecular flexibility index (Phi) is 5.76. The zero-order valence-corrected chi connectivity index (χ0v) is 15.1. The Labute approximate surface area is 136 Å². The highest BCUT2D eigenvalue weighted by Crippen LogP contribution is 2.27. The van der Waals surface area contributed by atoms with Gasteiger partial charge in [-0.25, -0.2) is 4.79 Å². The highest BCUT2D eigenvalue weighted by molar-refractivity contribution is 5.68. The van der Waals surface area contributed by atoms with Gasteiger partial charge >= 0.3 is 6.09 Å². The second-order valence-electron chi connectivity index (χ2n) is 8.28. The summed E-state index contributed by atoms with van der Waals surface area (Å²) >= 11 is 0. The molecule has 1 heterocycles. The van der Waals surface area contributed by atoms with E-state index in [9.17, 15) is 4.79 Å². The van der Waals surface area contributed by atoms with E-state index < -0.39 is 5.60 Å². The summed E-state index contributed by atoms with van der Waals surface area (Å²) in [5, 5.41) is 0. The zero-order valence-electron chi connectivity index (χ0n) is 15.1. The van der Waals surface area contributed by atoms with Crippen molar-refractivity contribution in [3.63, 3.8) is 0 Å². The first-order valence-corrected chi connectivity index (χ1v) is 9.00. The third-order valence-electron chi connectivity index (χ3n) is 4.95. The molecule has 4 nitrogen and oxygen atoms in total. The van der Waals surface area contributed by atoms with E-state index in [1.165, 1.54) is 38.6 Å². The predicted molar refractivity (Wildman–Crippen MR) is 90.0 cm³/mol. The van der Waals surface area contributed by atoms with Crippen LogP contribution in [0.5, 0.6) is 0 Å². The van der Waals surface area contributed by atoms with Crippen molar-refractivity contribution < 1.29 is 9.53 Å². The van der Waals surface area contributed by atoms with Crippen molar-refractivity contribution in [3.05, 3.63) is 0 Å². The Morgan fingerprint density at radius 2 is 1.59 bits per heavy atom. The number of carbonyl (C=O) groups excluding carboxylic acids is 1. The molecule has 2 atom stereocenters. The minimum absolute atomic E-state index is 0.163. The highest BCUT2D eigenvalue weighted by atomic mass is 16.6. The van der Waals surface area contributed by atoms with Crippen molar-refractivity contribution in [1.29, 1.82) is 0 Å². The van der Waals surface area contributed by atoms with Crippen LogP contribution in [0.1, 0.15) is 66.7 Å². The number of hydrogen-bond acceptors (Lipinski definition) is 3. The molecule has 2 aliphatic rings. The molecule has 1 amide bonds. The first kappa shape index (κ1) is 17.6. The van der Waals surface area contributed by atoms with Gasteiger partial charge in [-0.15, -0.1) is 0 Å². The lowest BCUT2D eigenvalue weighted by atomic mass is 9.88. The van der Waals surface area contributed by atoms with Crippen LogP contribution in [0.2, 0.25) is 0 Å². The van der Waals surface area contributed by atoms with E-state index in [1.807, 2.05) is 25.7 Å². The van der Waals surface area contributed by atoms with Crippen LogP contribution in [0.3, 0.4) is 0 Å². The summed E-state index contributed by atoms with van der Waals surface area (Å²) in [5.74, 6) is 0.853. The summed E-state index contributed by atoms with van der Waals surface area (Å²) in [4.78, 5) is 16.8. The van der Waals surface area contributed by atoms with Gasteiger partial charge in [-0.3, -0.25) is 4.90 Å². The lowest BCUT2D eigenvalue weighted by molar-refractivity contribution is -0.0126. The van der Waals surface area contributed by atoms with Crippen molar-refractivity contribution >= 4 is 6.09 Å². The fraction of sp³-hybridized carbons (Fsp3) is 0.944. The fourth-order valence-corrected chi connectivity index (χ4v) is 3.86. The highest BCUT2D eigenvalue weighted by Gasteiger charge is 2.34. The molecule has 1 aliphatic carbocycles. The molecule has 0 aromatic rings. The minimum atomic E-state index is -0.414. The smallest absolute Gasteiger partial charge is 0.410 e. The Bertz CT molecular complexity index is 360. The van der Waals surface area contributed by atoms with Crippen LogP contribution in [0, 0.1) is 5.92 Å². The van der Waals surface area contributed by atoms with Crippen LogP contribution in [0.15, 0.2) is 0 Å². The van der Waals surface area contributed by atoms with Crippen molar-refractivity contribution in [2.75, 3.05) is 19.6 Å². The summed E-state index contributed by atoms with van der Waals surface area (Å²) in [7, 11) is 0. The SMILES string of the molecule is CC1CN(C(=O)OC(C)(C)C)CC(C)N1CC1CCCCC1. The Balaban J connectivity index is 1.89. The van der Waals surface area contributed by atoms with Crippen LogP contribution in [0.4, 0.5) is 4.79 Å². The maximum atomic E-state index is 12.3. The first-order valence-electron chi connectivity index (χ1n) is 9.00. The number of rotatable bonds is 2. The zero-order chi connectivity index (χ0) is 16.3. The molecule has 2 unspecified atom stereocenters. The van der Waals surface area contributed by atoms with E-state index in [4.69, 9.17) is 4.74 Å². The normalized spacial score (nSPS) is 28.7. The maximum Gasteiger partial charge on any atom is 0.410 e. The van der Waals surface area contributed by atoms with Gasteiger partial charge in [-0.2, -0.15) is 0 Å². The average Bonchev–Trinajstić information content (AvgIpc) is 2.42. The summed E-state index contributed by atoms with van der Waals surface area (Å²) < 4.78 is 5.53. The third kappa shape index (κ3) is 4.87. The number of amides is 1. The second kappa shape index (κ2) is 7.20. The van der Waals surface area contributed by atoms with Crippen molar-refractivity contribution in [2.24, 2.45) is 5.92 Å². The van der Waals surface area contributed by atoms with E-state index in [1.54, 1.807) is 0 Å². The minimum Gasteiger partial charge on any atom is -0.444 e. The summed E-state index contributed by atoms with van der Waals surface area (Å²) in [5.41, 5.74) is -0.414. The lowest BCUT2D eigenvalue weighted by Crippen LogP contribution is -2.59. The quantitative estimate of drug-likeness (QED) is 0.775. The van der Waals surface area contributed by atoms with E-state index >= 15 is 0 Å². The van der Waals surface area contributed by atoms with E-state index in [0.29, 0.717) is 12.1 Å². The van der Waals surface area contributed by atoms with Gasteiger partial charge in [0.2, 0.25) is 0 Å². The predicted octanol–water partition coefficient (Wildman–Crippen LogP) is 3.90. The molecule has 4 heteroatoms. The molecule has 2 fully saturated rings. The number of hydrogen-bond donors (Lipinski definition) is 0. The lowest BCUT2D eigenvalue weighted by Gasteiger charge is -2.46. The van der Waals surface area contributed by atoms with Gasteiger partial charge in [-0.1, -0.05) is 19.3 Å². The first-order chi connectivity index (χ1) is 10.3. The largest absolute Gasteiger partial charge is 0.444 e. The van der Waals surface area contributed by atoms with Crippen LogP contribution in [0.25, 0.3) is 0 Å². The summed E-state index contributed by atoms with van der Waals surface area (Å²) in [6, 6.07) is 0.830. The molecule has 2 rings (SSSR count). The molecule has 0 N–H and O–H groups in total. The maximum absolute atomic E-state index is 12.3. The second-order valence-corrected chi connectivity index (χ2v) is 8.28. The van der Waals surface area contributed by atoms with E-state index in [-0.39, 0.29) is 6.09 Å². The number of carbonyl (C=O) groups is 1. The molecule has 128 valence electrons. The van der Waals surface area contributed by atoms with Crippen LogP contribution in [-0.2, 0) is 4.74 Å². The molecule has 1 aliphatic heterocycles. The van der Waals surface area contributed by atoms with Gasteiger partial charge in [-0.05, 0) is 53.4 Å². The molecular formula is C18H34N2O2. The van der Waals surface area contributed by atoms with Crippen molar-refractivity contribution in [2.45, 2.75) is 84.4 Å². The summed E-state index contributed by atoms with van der Waals surface area (Å²) in [6.07, 6.45) is 6.80. The molecule has 0 aromatic carbocycles. The topological polar surface area (TPSA) is 32.8 Å². The molecule has 1 saturated carbocycles. The van der Waals surface area contributed by atoms with Crippen LogP contribution in [-0.4, -0.2) is 53.2 Å². The number of nitrogens with zero attached hydrogens (tertiary/aromatic N) is 2. The Morgan fingerprint density at radius 1 is 1.05 bits per heavy atom. The standard InChI is InChI=1S/C18H34N2O2/c1-14-11-19(17(21)22-18(3,4)5)12-15(2)20(14)13-16-9-7-6-8-10-16/h14-16H,6-13H2,1-5H3. The molecular weight excluding hydrogens is 276 g/mol. The van der Waals surface area contributed by atoms with Crippen molar-refractivity contribution in [3.8, 4) is 0 Å². The van der Waals surface area contributed by atoms with Gasteiger partial charge in [0.25, 0.3) is 0 Å². The van der Waals surface area contributed by atoms with E-state index in [0.717, 1.165) is 19.0 Å². The molecule has 0 aromatic heterocycles. The molecule has 0 spiro atoms. The molecule has 22 heavy (non-hydrogen) atoms. The monoisotopic (exact) mass is 310 g/mol. The Hall–Kier alpha value is -0.770. The van der Waals surface area contributed by atoms with Crippen molar-refractivity contribution in [1.82, 2.24) is 9.80 Å². The fourth-order valence-electron chi connectivity index (χ4n) is 3.86. The van der Waals surface area contributed by atoms with E-state index in [2.05, 4.69) is 18.7 Å². The molecule has 0 radical (unpaired) electrons. The van der Waals surface area contributed by atoms with Crippen LogP contribution >= 0.6 is 0 Å². The van der Waals surface area contributed by atoms with Gasteiger partial charge in [0.1, 0.15) is 5.60 Å². The molecule has 1 saturated heterocycles. The summed E-state index contributed by atoms with van der Waals surface area (Å²) in [6.45, 7) is 13.0. The third-order valence-corrected chi connectivity index (χ3v) is 4.95. The van der Waals surface area contributed by atoms with Gasteiger partial charge in [0, 0.05) is 31.7 Å². The number of piperazine rings is 1. The van der Waals surface area contributed by atoms with Gasteiger partial charge in [0.15, 0.2) is 0 Å². The van der Waals surface area contributed by atoms with Gasteiger partial charge < -0.3 is 9.64 Å². The number of ether oxygens (including phenoxy) is 1. The van der Waals surface area contributed by atoms with Crippen LogP contribution < -0.4 is 0 Å². The average molecular weight is 310 g/mol. The Morgan fingerprint density at radius 3 is 2.09 bits per heavy atom. The molecule has 0 bridgehead atoms.